The highest BCUT2D eigenvalue weighted by Crippen LogP contribution is 2.25. The summed E-state index contributed by atoms with van der Waals surface area (Å²) in [6, 6.07) is 10.9. The van der Waals surface area contributed by atoms with Crippen molar-refractivity contribution in [2.24, 2.45) is 5.92 Å². The standard InChI is InChI=1S/C18H25NO2/c20-18(16-9-6-12-21-14-16)19-11-5-4-10-17(19)13-15-7-2-1-3-8-15/h1-3,7-8,16-17H,4-6,9-14H2. The Labute approximate surface area is 127 Å². The zero-order chi connectivity index (χ0) is 14.5. The summed E-state index contributed by atoms with van der Waals surface area (Å²) in [7, 11) is 0. The second kappa shape index (κ2) is 7.08. The first-order valence-electron chi connectivity index (χ1n) is 8.27. The molecule has 2 unspecified atom stereocenters. The van der Waals surface area contributed by atoms with E-state index in [0.717, 1.165) is 45.3 Å². The van der Waals surface area contributed by atoms with Crippen LogP contribution in [0.15, 0.2) is 30.3 Å². The summed E-state index contributed by atoms with van der Waals surface area (Å²) < 4.78 is 5.50. The first-order chi connectivity index (χ1) is 10.3. The Bertz CT molecular complexity index is 454. The van der Waals surface area contributed by atoms with Crippen LogP contribution in [0.25, 0.3) is 0 Å². The van der Waals surface area contributed by atoms with Gasteiger partial charge < -0.3 is 9.64 Å². The van der Waals surface area contributed by atoms with E-state index in [2.05, 4.69) is 29.2 Å². The fourth-order valence-electron chi connectivity index (χ4n) is 3.56. The average Bonchev–Trinajstić information content (AvgIpc) is 2.56. The molecular formula is C18H25NO2. The lowest BCUT2D eigenvalue weighted by Gasteiger charge is -2.38. The van der Waals surface area contributed by atoms with Crippen molar-refractivity contribution in [2.45, 2.75) is 44.6 Å². The maximum Gasteiger partial charge on any atom is 0.228 e. The molecule has 0 aromatic heterocycles. The van der Waals surface area contributed by atoms with Gasteiger partial charge in [-0.05, 0) is 44.1 Å². The second-order valence-corrected chi connectivity index (χ2v) is 6.29. The minimum atomic E-state index is 0.0927. The van der Waals surface area contributed by atoms with Crippen LogP contribution in [-0.4, -0.2) is 36.6 Å². The molecular weight excluding hydrogens is 262 g/mol. The minimum Gasteiger partial charge on any atom is -0.381 e. The van der Waals surface area contributed by atoms with Gasteiger partial charge in [-0.2, -0.15) is 0 Å². The summed E-state index contributed by atoms with van der Waals surface area (Å²) in [5.41, 5.74) is 1.34. The van der Waals surface area contributed by atoms with Crippen LogP contribution in [0.2, 0.25) is 0 Å². The molecule has 1 amide bonds. The molecule has 114 valence electrons. The van der Waals surface area contributed by atoms with Crippen LogP contribution >= 0.6 is 0 Å². The fourth-order valence-corrected chi connectivity index (χ4v) is 3.56. The van der Waals surface area contributed by atoms with E-state index in [1.54, 1.807) is 0 Å². The molecule has 2 aliphatic rings. The molecule has 2 fully saturated rings. The Morgan fingerprint density at radius 2 is 2.00 bits per heavy atom. The molecule has 0 bridgehead atoms. The quantitative estimate of drug-likeness (QED) is 0.855. The predicted molar refractivity (Wildman–Crippen MR) is 83.0 cm³/mol. The highest BCUT2D eigenvalue weighted by molar-refractivity contribution is 5.79. The third kappa shape index (κ3) is 3.65. The number of amides is 1. The zero-order valence-corrected chi connectivity index (χ0v) is 12.7. The normalized spacial score (nSPS) is 26.6. The lowest BCUT2D eigenvalue weighted by atomic mass is 9.92. The van der Waals surface area contributed by atoms with Gasteiger partial charge in [0.05, 0.1) is 12.5 Å². The van der Waals surface area contributed by atoms with Gasteiger partial charge in [0.2, 0.25) is 5.91 Å². The van der Waals surface area contributed by atoms with Gasteiger partial charge in [0.1, 0.15) is 0 Å². The molecule has 21 heavy (non-hydrogen) atoms. The van der Waals surface area contributed by atoms with Crippen molar-refractivity contribution in [3.63, 3.8) is 0 Å². The van der Waals surface area contributed by atoms with Crippen molar-refractivity contribution in [1.29, 1.82) is 0 Å². The summed E-state index contributed by atoms with van der Waals surface area (Å²) in [5, 5.41) is 0. The molecule has 1 aromatic carbocycles. The largest absolute Gasteiger partial charge is 0.381 e. The first-order valence-corrected chi connectivity index (χ1v) is 8.27. The van der Waals surface area contributed by atoms with E-state index in [9.17, 15) is 4.79 Å². The summed E-state index contributed by atoms with van der Waals surface area (Å²) in [6.07, 6.45) is 6.52. The highest BCUT2D eigenvalue weighted by Gasteiger charge is 2.32. The molecule has 0 spiro atoms. The number of hydrogen-bond acceptors (Lipinski definition) is 2. The number of benzene rings is 1. The number of carbonyl (C=O) groups excluding carboxylic acids is 1. The topological polar surface area (TPSA) is 29.5 Å². The van der Waals surface area contributed by atoms with Crippen LogP contribution in [0.4, 0.5) is 0 Å². The molecule has 2 saturated heterocycles. The minimum absolute atomic E-state index is 0.0927. The van der Waals surface area contributed by atoms with Crippen molar-refractivity contribution in [1.82, 2.24) is 4.90 Å². The molecule has 0 N–H and O–H groups in total. The molecule has 0 aliphatic carbocycles. The summed E-state index contributed by atoms with van der Waals surface area (Å²) in [6.45, 7) is 2.36. The number of nitrogens with zero attached hydrogens (tertiary/aromatic N) is 1. The molecule has 2 aliphatic heterocycles. The smallest absolute Gasteiger partial charge is 0.228 e. The van der Waals surface area contributed by atoms with Gasteiger partial charge in [0.15, 0.2) is 0 Å². The van der Waals surface area contributed by atoms with Crippen molar-refractivity contribution in [3.05, 3.63) is 35.9 Å². The lowest BCUT2D eigenvalue weighted by Crippen LogP contribution is -2.48. The van der Waals surface area contributed by atoms with Gasteiger partial charge in [-0.25, -0.2) is 0 Å². The SMILES string of the molecule is O=C(C1CCCOC1)N1CCCCC1Cc1ccccc1. The third-order valence-electron chi connectivity index (χ3n) is 4.73. The third-order valence-corrected chi connectivity index (χ3v) is 4.73. The molecule has 2 heterocycles. The van der Waals surface area contributed by atoms with Crippen LogP contribution in [0.3, 0.4) is 0 Å². The highest BCUT2D eigenvalue weighted by atomic mass is 16.5. The van der Waals surface area contributed by atoms with Crippen LogP contribution < -0.4 is 0 Å². The number of rotatable bonds is 3. The van der Waals surface area contributed by atoms with Gasteiger partial charge in [-0.3, -0.25) is 4.79 Å². The van der Waals surface area contributed by atoms with Gasteiger partial charge in [-0.15, -0.1) is 0 Å². The number of carbonyl (C=O) groups is 1. The van der Waals surface area contributed by atoms with Crippen LogP contribution in [0.1, 0.15) is 37.7 Å². The Morgan fingerprint density at radius 3 is 2.76 bits per heavy atom. The average molecular weight is 287 g/mol. The molecule has 3 nitrogen and oxygen atoms in total. The van der Waals surface area contributed by atoms with E-state index < -0.39 is 0 Å². The number of likely N-dealkylation sites (tertiary alicyclic amines) is 1. The fraction of sp³-hybridized carbons (Fsp3) is 0.611. The first kappa shape index (κ1) is 14.6. The molecule has 3 heteroatoms. The number of hydrogen-bond donors (Lipinski definition) is 0. The van der Waals surface area contributed by atoms with E-state index in [1.165, 1.54) is 12.0 Å². The maximum atomic E-state index is 12.8. The van der Waals surface area contributed by atoms with E-state index in [1.807, 2.05) is 6.07 Å². The van der Waals surface area contributed by atoms with Crippen LogP contribution in [0, 0.1) is 5.92 Å². The second-order valence-electron chi connectivity index (χ2n) is 6.29. The van der Waals surface area contributed by atoms with E-state index in [-0.39, 0.29) is 5.92 Å². The molecule has 2 atom stereocenters. The Hall–Kier alpha value is -1.35. The zero-order valence-electron chi connectivity index (χ0n) is 12.7. The van der Waals surface area contributed by atoms with E-state index >= 15 is 0 Å². The van der Waals surface area contributed by atoms with Crippen molar-refractivity contribution >= 4 is 5.91 Å². The molecule has 0 radical (unpaired) electrons. The summed E-state index contributed by atoms with van der Waals surface area (Å²) in [4.78, 5) is 14.9. The van der Waals surface area contributed by atoms with Crippen molar-refractivity contribution < 1.29 is 9.53 Å². The van der Waals surface area contributed by atoms with Gasteiger partial charge in [-0.1, -0.05) is 30.3 Å². The van der Waals surface area contributed by atoms with Crippen LogP contribution in [0.5, 0.6) is 0 Å². The lowest BCUT2D eigenvalue weighted by molar-refractivity contribution is -0.143. The van der Waals surface area contributed by atoms with Crippen molar-refractivity contribution in [3.8, 4) is 0 Å². The van der Waals surface area contributed by atoms with Gasteiger partial charge in [0, 0.05) is 19.2 Å². The van der Waals surface area contributed by atoms with Gasteiger partial charge in [0.25, 0.3) is 0 Å². The Morgan fingerprint density at radius 1 is 1.14 bits per heavy atom. The Balaban J connectivity index is 1.67. The molecule has 1 aromatic rings. The van der Waals surface area contributed by atoms with Gasteiger partial charge >= 0.3 is 0 Å². The van der Waals surface area contributed by atoms with Crippen LogP contribution in [-0.2, 0) is 16.0 Å². The maximum absolute atomic E-state index is 12.8. The Kier molecular flexibility index (Phi) is 4.91. The predicted octanol–water partition coefficient (Wildman–Crippen LogP) is 3.04. The van der Waals surface area contributed by atoms with E-state index in [4.69, 9.17) is 4.74 Å². The summed E-state index contributed by atoms with van der Waals surface area (Å²) in [5.74, 6) is 0.422. The van der Waals surface area contributed by atoms with E-state index in [0.29, 0.717) is 18.6 Å². The monoisotopic (exact) mass is 287 g/mol. The van der Waals surface area contributed by atoms with Crippen molar-refractivity contribution in [2.75, 3.05) is 19.8 Å². The number of ether oxygens (including phenoxy) is 1. The number of piperidine rings is 1. The molecule has 0 saturated carbocycles. The molecule has 3 rings (SSSR count). The summed E-state index contributed by atoms with van der Waals surface area (Å²) >= 11 is 0.